The zero-order valence-electron chi connectivity index (χ0n) is 30.4. The number of rotatable bonds is 4. The molecule has 5 aliphatic carbocycles. The average molecular weight is 627 g/mol. The van der Waals surface area contributed by atoms with Crippen LogP contribution in [0, 0.1) is 62.1 Å². The number of carbonyl (C=O) groups is 3. The van der Waals surface area contributed by atoms with Crippen molar-refractivity contribution in [3.8, 4) is 0 Å². The molecule has 0 aliphatic heterocycles. The minimum atomic E-state index is -0.912. The molecule has 11 atom stereocenters. The van der Waals surface area contributed by atoms with Crippen molar-refractivity contribution in [2.24, 2.45) is 62.1 Å². The summed E-state index contributed by atoms with van der Waals surface area (Å²) < 4.78 is 17.6. The number of allylic oxidation sites excluding steroid dienone is 2. The van der Waals surface area contributed by atoms with E-state index in [1.807, 2.05) is 20.8 Å². The number of esters is 3. The lowest BCUT2D eigenvalue weighted by Crippen LogP contribution is -2.65. The fraction of sp³-hybridized carbons (Fsp3) is 0.872. The topological polar surface area (TPSA) is 78.9 Å². The van der Waals surface area contributed by atoms with Gasteiger partial charge >= 0.3 is 17.9 Å². The van der Waals surface area contributed by atoms with Gasteiger partial charge in [-0.2, -0.15) is 0 Å². The first kappa shape index (κ1) is 34.5. The molecule has 0 spiro atoms. The number of hydrogen-bond acceptors (Lipinski definition) is 6. The van der Waals surface area contributed by atoms with Gasteiger partial charge < -0.3 is 14.2 Å². The van der Waals surface area contributed by atoms with Crippen molar-refractivity contribution < 1.29 is 28.6 Å². The molecule has 5 aliphatic rings. The second-order valence-electron chi connectivity index (χ2n) is 18.4. The van der Waals surface area contributed by atoms with Crippen LogP contribution >= 0.6 is 0 Å². The minimum absolute atomic E-state index is 0.00907. The molecule has 4 saturated carbocycles. The normalized spacial score (nSPS) is 44.5. The van der Waals surface area contributed by atoms with Gasteiger partial charge in [0.2, 0.25) is 6.29 Å². The van der Waals surface area contributed by atoms with Crippen LogP contribution in [0.25, 0.3) is 0 Å². The third kappa shape index (κ3) is 5.12. The van der Waals surface area contributed by atoms with Gasteiger partial charge in [-0.3, -0.25) is 14.4 Å². The fourth-order valence-corrected chi connectivity index (χ4v) is 11.8. The van der Waals surface area contributed by atoms with E-state index in [9.17, 15) is 14.4 Å². The third-order valence-corrected chi connectivity index (χ3v) is 14.8. The maximum Gasteiger partial charge on any atom is 0.315 e. The molecule has 5 rings (SSSR count). The molecule has 0 amide bonds. The van der Waals surface area contributed by atoms with Gasteiger partial charge in [0.05, 0.1) is 10.8 Å². The van der Waals surface area contributed by atoms with Crippen molar-refractivity contribution in [3.63, 3.8) is 0 Å². The molecule has 6 heteroatoms. The summed E-state index contributed by atoms with van der Waals surface area (Å²) in [5.41, 5.74) is 0.433. The van der Waals surface area contributed by atoms with Crippen molar-refractivity contribution in [3.05, 3.63) is 11.6 Å². The fourth-order valence-electron chi connectivity index (χ4n) is 11.8. The quantitative estimate of drug-likeness (QED) is 0.176. The van der Waals surface area contributed by atoms with E-state index in [1.165, 1.54) is 5.57 Å². The largest absolute Gasteiger partial charge is 0.462 e. The Bertz CT molecular complexity index is 1240. The van der Waals surface area contributed by atoms with Crippen LogP contribution in [-0.2, 0) is 28.6 Å². The van der Waals surface area contributed by atoms with E-state index < -0.39 is 17.1 Å². The molecule has 0 bridgehead atoms. The highest BCUT2D eigenvalue weighted by molar-refractivity contribution is 5.79. The molecule has 0 aromatic rings. The Morgan fingerprint density at radius 3 is 2.16 bits per heavy atom. The highest BCUT2D eigenvalue weighted by Gasteiger charge is 2.70. The van der Waals surface area contributed by atoms with Gasteiger partial charge in [0.1, 0.15) is 6.10 Å². The molecule has 4 fully saturated rings. The monoisotopic (exact) mass is 626 g/mol. The molecule has 45 heavy (non-hydrogen) atoms. The van der Waals surface area contributed by atoms with Gasteiger partial charge in [0, 0.05) is 19.3 Å². The Morgan fingerprint density at radius 1 is 0.867 bits per heavy atom. The number of carbonyl (C=O) groups excluding carboxylic acids is 3. The van der Waals surface area contributed by atoms with E-state index in [0.29, 0.717) is 23.7 Å². The van der Waals surface area contributed by atoms with E-state index in [0.717, 1.165) is 57.8 Å². The molecule has 0 aromatic heterocycles. The van der Waals surface area contributed by atoms with E-state index in [-0.39, 0.29) is 51.6 Å². The third-order valence-electron chi connectivity index (χ3n) is 14.8. The van der Waals surface area contributed by atoms with Gasteiger partial charge in [-0.15, -0.1) is 0 Å². The SMILES string of the molecule is CC(=O)O[C@H]1CC[C@]2(C)[C@H]3CC=C4[C@@H]5[C@@H](C)[C@H](C)CC[C@]5(C(=O)OC(C)OC(=O)C(C)(C)C)CC[C@@]4(C)[C@]3(C)CC[C@H]2C1(C)C. The second-order valence-corrected chi connectivity index (χ2v) is 18.4. The summed E-state index contributed by atoms with van der Waals surface area (Å²) in [6.45, 7) is 25.7. The van der Waals surface area contributed by atoms with Gasteiger partial charge in [-0.05, 0) is 124 Å². The Balaban J connectivity index is 1.49. The highest BCUT2D eigenvalue weighted by Crippen LogP contribution is 2.76. The zero-order valence-corrected chi connectivity index (χ0v) is 30.4. The molecule has 0 N–H and O–H groups in total. The minimum Gasteiger partial charge on any atom is -0.462 e. The maximum absolute atomic E-state index is 14.3. The molecular formula is C39H62O6. The summed E-state index contributed by atoms with van der Waals surface area (Å²) in [7, 11) is 0. The first-order valence-electron chi connectivity index (χ1n) is 17.9. The summed E-state index contributed by atoms with van der Waals surface area (Å²) in [4.78, 5) is 38.9. The predicted molar refractivity (Wildman–Crippen MR) is 176 cm³/mol. The van der Waals surface area contributed by atoms with Gasteiger partial charge in [-0.25, -0.2) is 0 Å². The summed E-state index contributed by atoms with van der Waals surface area (Å²) >= 11 is 0. The van der Waals surface area contributed by atoms with Gasteiger partial charge in [0.15, 0.2) is 0 Å². The molecule has 0 radical (unpaired) electrons. The highest BCUT2D eigenvalue weighted by atomic mass is 16.7. The van der Waals surface area contributed by atoms with Crippen LogP contribution in [0.15, 0.2) is 11.6 Å². The van der Waals surface area contributed by atoms with Gasteiger partial charge in [-0.1, -0.05) is 60.1 Å². The Kier molecular flexibility index (Phi) is 8.51. The number of hydrogen-bond donors (Lipinski definition) is 0. The van der Waals surface area contributed by atoms with Crippen LogP contribution in [0.2, 0.25) is 0 Å². The van der Waals surface area contributed by atoms with E-state index >= 15 is 0 Å². The molecule has 0 aromatic carbocycles. The molecule has 0 heterocycles. The van der Waals surface area contributed by atoms with E-state index in [1.54, 1.807) is 13.8 Å². The van der Waals surface area contributed by atoms with Crippen LogP contribution in [0.5, 0.6) is 0 Å². The van der Waals surface area contributed by atoms with Crippen molar-refractivity contribution >= 4 is 17.9 Å². The lowest BCUT2D eigenvalue weighted by Gasteiger charge is -2.71. The lowest BCUT2D eigenvalue weighted by molar-refractivity contribution is -0.219. The predicted octanol–water partition coefficient (Wildman–Crippen LogP) is 9.05. The van der Waals surface area contributed by atoms with Gasteiger partial charge in [0.25, 0.3) is 0 Å². The standard InChI is InChI=1S/C39H62O6/c1-23-15-20-39(33(42)45-26(4)44-32(41)34(5,6)7)22-21-37(11)27(31(39)24(23)2)13-14-29-36(10)18-17-30(43-25(3)40)35(8,9)28(36)16-19-38(29,37)12/h13,23-24,26,28-31H,14-22H2,1-12H3/t23-,24+,26?,28+,29-,30+,31+,36+,37-,38-,39+/m1/s1. The van der Waals surface area contributed by atoms with Crippen LogP contribution in [0.3, 0.4) is 0 Å². The second kappa shape index (κ2) is 11.1. The average Bonchev–Trinajstić information content (AvgIpc) is 2.92. The molecule has 254 valence electrons. The lowest BCUT2D eigenvalue weighted by atomic mass is 9.33. The van der Waals surface area contributed by atoms with E-state index in [2.05, 4.69) is 54.5 Å². The Labute approximate surface area is 273 Å². The number of ether oxygens (including phenoxy) is 3. The summed E-state index contributed by atoms with van der Waals surface area (Å²) in [5.74, 6) is 1.31. The van der Waals surface area contributed by atoms with Crippen LogP contribution < -0.4 is 0 Å². The zero-order chi connectivity index (χ0) is 33.5. The van der Waals surface area contributed by atoms with Crippen LogP contribution in [-0.4, -0.2) is 30.3 Å². The first-order valence-corrected chi connectivity index (χ1v) is 17.9. The maximum atomic E-state index is 14.3. The van der Waals surface area contributed by atoms with Crippen LogP contribution in [0.4, 0.5) is 0 Å². The van der Waals surface area contributed by atoms with Crippen molar-refractivity contribution in [1.82, 2.24) is 0 Å². The summed E-state index contributed by atoms with van der Waals surface area (Å²) in [6.07, 6.45) is 10.6. The molecule has 1 unspecified atom stereocenters. The number of fused-ring (bicyclic) bond motifs is 7. The molecular weight excluding hydrogens is 564 g/mol. The van der Waals surface area contributed by atoms with Crippen LogP contribution in [0.1, 0.15) is 141 Å². The van der Waals surface area contributed by atoms with Crippen molar-refractivity contribution in [2.45, 2.75) is 153 Å². The van der Waals surface area contributed by atoms with Crippen molar-refractivity contribution in [2.75, 3.05) is 0 Å². The molecule has 6 nitrogen and oxygen atoms in total. The van der Waals surface area contributed by atoms with E-state index in [4.69, 9.17) is 14.2 Å². The Hall–Kier alpha value is -1.85. The van der Waals surface area contributed by atoms with Crippen molar-refractivity contribution in [1.29, 1.82) is 0 Å². The molecule has 0 saturated heterocycles. The smallest absolute Gasteiger partial charge is 0.315 e. The first-order chi connectivity index (χ1) is 20.6. The summed E-state index contributed by atoms with van der Waals surface area (Å²) in [5, 5.41) is 0. The summed E-state index contributed by atoms with van der Waals surface area (Å²) in [6, 6.07) is 0. The Morgan fingerprint density at radius 2 is 1.53 bits per heavy atom.